The Hall–Kier alpha value is -3.41. The van der Waals surface area contributed by atoms with Crippen LogP contribution in [0.2, 0.25) is 0 Å². The van der Waals surface area contributed by atoms with E-state index in [2.05, 4.69) is 11.1 Å². The SMILES string of the molecule is Cc1nc2sc(C(=O)c3ccc4c(c3)OCO4)c(N)c2c(-c2cccs2)c1C#N. The number of nitrogen functional groups attached to an aromatic ring is 1. The third-order valence-electron chi connectivity index (χ3n) is 4.78. The van der Waals surface area contributed by atoms with Gasteiger partial charge in [0.2, 0.25) is 12.6 Å². The van der Waals surface area contributed by atoms with E-state index in [4.69, 9.17) is 15.2 Å². The maximum absolute atomic E-state index is 13.2. The van der Waals surface area contributed by atoms with Crippen LogP contribution in [-0.2, 0) is 0 Å². The number of nitrogens with two attached hydrogens (primary N) is 1. The summed E-state index contributed by atoms with van der Waals surface area (Å²) in [6.07, 6.45) is 0. The van der Waals surface area contributed by atoms with Gasteiger partial charge in [-0.3, -0.25) is 4.79 Å². The maximum atomic E-state index is 13.2. The fraction of sp³-hybridized carbons (Fsp3) is 0.0952. The van der Waals surface area contributed by atoms with Crippen LogP contribution in [0.5, 0.6) is 11.5 Å². The first-order valence-electron chi connectivity index (χ1n) is 8.69. The molecule has 0 bridgehead atoms. The molecule has 0 amide bonds. The highest BCUT2D eigenvalue weighted by Crippen LogP contribution is 2.44. The number of thiophene rings is 2. The van der Waals surface area contributed by atoms with Gasteiger partial charge in [-0.05, 0) is 36.6 Å². The monoisotopic (exact) mass is 419 g/mol. The molecule has 5 rings (SSSR count). The molecule has 0 saturated carbocycles. The summed E-state index contributed by atoms with van der Waals surface area (Å²) in [5.74, 6) is 0.939. The predicted octanol–water partition coefficient (Wildman–Crippen LogP) is 4.75. The topological polar surface area (TPSA) is 98.2 Å². The molecule has 0 unspecified atom stereocenters. The number of nitrogens with zero attached hydrogens (tertiary/aromatic N) is 2. The first-order chi connectivity index (χ1) is 14.1. The molecule has 3 aromatic heterocycles. The lowest BCUT2D eigenvalue weighted by atomic mass is 10.0. The average Bonchev–Trinajstić information content (AvgIpc) is 3.46. The quantitative estimate of drug-likeness (QED) is 0.481. The van der Waals surface area contributed by atoms with Crippen LogP contribution >= 0.6 is 22.7 Å². The number of aryl methyl sites for hydroxylation is 1. The number of ether oxygens (including phenoxy) is 2. The van der Waals surface area contributed by atoms with Crippen LogP contribution < -0.4 is 15.2 Å². The highest BCUT2D eigenvalue weighted by atomic mass is 32.1. The van der Waals surface area contributed by atoms with Crippen molar-refractivity contribution >= 4 is 44.4 Å². The number of anilines is 1. The number of hydrogen-bond donors (Lipinski definition) is 1. The van der Waals surface area contributed by atoms with Gasteiger partial charge in [0.25, 0.3) is 0 Å². The maximum Gasteiger partial charge on any atom is 0.231 e. The molecule has 0 radical (unpaired) electrons. The second-order valence-electron chi connectivity index (χ2n) is 6.46. The second-order valence-corrected chi connectivity index (χ2v) is 8.41. The molecule has 2 N–H and O–H groups in total. The summed E-state index contributed by atoms with van der Waals surface area (Å²) in [6.45, 7) is 1.94. The van der Waals surface area contributed by atoms with Crippen LogP contribution in [0.4, 0.5) is 5.69 Å². The standard InChI is InChI=1S/C21H13N3O3S2/c1-10-12(8-22)16(15-3-2-6-28-15)17-18(23)20(29-21(17)24-10)19(25)11-4-5-13-14(7-11)27-9-26-13/h2-7H,9,23H2,1H3. The molecule has 142 valence electrons. The smallest absolute Gasteiger partial charge is 0.231 e. The summed E-state index contributed by atoms with van der Waals surface area (Å²) in [4.78, 5) is 19.7. The zero-order chi connectivity index (χ0) is 20.1. The molecule has 0 aliphatic carbocycles. The molecule has 4 aromatic rings. The van der Waals surface area contributed by atoms with Gasteiger partial charge >= 0.3 is 0 Å². The molecule has 4 heterocycles. The summed E-state index contributed by atoms with van der Waals surface area (Å²) in [5.41, 5.74) is 9.10. The Morgan fingerprint density at radius 2 is 2.10 bits per heavy atom. The van der Waals surface area contributed by atoms with Gasteiger partial charge in [0, 0.05) is 21.4 Å². The molecule has 1 aliphatic heterocycles. The lowest BCUT2D eigenvalue weighted by Gasteiger charge is -2.07. The predicted molar refractivity (Wildman–Crippen MR) is 113 cm³/mol. The minimum Gasteiger partial charge on any atom is -0.454 e. The number of ketones is 1. The summed E-state index contributed by atoms with van der Waals surface area (Å²) in [7, 11) is 0. The molecule has 0 spiro atoms. The fourth-order valence-corrected chi connectivity index (χ4v) is 5.30. The van der Waals surface area contributed by atoms with E-state index in [0.29, 0.717) is 49.1 Å². The highest BCUT2D eigenvalue weighted by molar-refractivity contribution is 7.21. The minimum atomic E-state index is -0.211. The van der Waals surface area contributed by atoms with Gasteiger partial charge < -0.3 is 15.2 Å². The number of aromatic nitrogens is 1. The van der Waals surface area contributed by atoms with Gasteiger partial charge in [0.15, 0.2) is 11.5 Å². The van der Waals surface area contributed by atoms with E-state index in [9.17, 15) is 10.1 Å². The number of pyridine rings is 1. The van der Waals surface area contributed by atoms with Crippen LogP contribution in [-0.4, -0.2) is 17.6 Å². The number of hydrogen-bond acceptors (Lipinski definition) is 8. The average molecular weight is 419 g/mol. The van der Waals surface area contributed by atoms with Crippen molar-refractivity contribution in [1.29, 1.82) is 5.26 Å². The Bertz CT molecular complexity index is 1330. The summed E-state index contributed by atoms with van der Waals surface area (Å²) in [6, 6.07) is 11.2. The molecule has 0 fully saturated rings. The van der Waals surface area contributed by atoms with E-state index in [1.165, 1.54) is 22.7 Å². The number of rotatable bonds is 3. The third-order valence-corrected chi connectivity index (χ3v) is 6.76. The van der Waals surface area contributed by atoms with Crippen molar-refractivity contribution in [2.75, 3.05) is 12.5 Å². The summed E-state index contributed by atoms with van der Waals surface area (Å²) < 4.78 is 10.7. The lowest BCUT2D eigenvalue weighted by Crippen LogP contribution is -2.02. The number of benzene rings is 1. The number of nitriles is 1. The Morgan fingerprint density at radius 3 is 2.86 bits per heavy atom. The molecule has 1 aliphatic rings. The van der Waals surface area contributed by atoms with E-state index in [0.717, 1.165) is 10.4 Å². The largest absolute Gasteiger partial charge is 0.454 e. The van der Waals surface area contributed by atoms with Gasteiger partial charge in [0.05, 0.1) is 16.9 Å². The zero-order valence-electron chi connectivity index (χ0n) is 15.2. The zero-order valence-corrected chi connectivity index (χ0v) is 16.8. The van der Waals surface area contributed by atoms with Gasteiger partial charge in [-0.25, -0.2) is 4.98 Å². The normalized spacial score (nSPS) is 12.3. The minimum absolute atomic E-state index is 0.141. The van der Waals surface area contributed by atoms with E-state index in [-0.39, 0.29) is 12.6 Å². The van der Waals surface area contributed by atoms with E-state index < -0.39 is 0 Å². The highest BCUT2D eigenvalue weighted by Gasteiger charge is 2.26. The summed E-state index contributed by atoms with van der Waals surface area (Å²) >= 11 is 2.76. The van der Waals surface area contributed by atoms with Crippen LogP contribution in [0.3, 0.4) is 0 Å². The van der Waals surface area contributed by atoms with Crippen LogP contribution in [0.1, 0.15) is 26.5 Å². The Balaban J connectivity index is 1.73. The first-order valence-corrected chi connectivity index (χ1v) is 10.4. The van der Waals surface area contributed by atoms with Gasteiger partial charge in [-0.2, -0.15) is 5.26 Å². The molecule has 0 atom stereocenters. The van der Waals surface area contributed by atoms with Gasteiger partial charge in [0.1, 0.15) is 15.8 Å². The molecular formula is C21H13N3O3S2. The van der Waals surface area contributed by atoms with Crippen molar-refractivity contribution in [1.82, 2.24) is 4.98 Å². The van der Waals surface area contributed by atoms with E-state index in [1.54, 1.807) is 25.1 Å². The van der Waals surface area contributed by atoms with Crippen LogP contribution in [0, 0.1) is 18.3 Å². The molecule has 1 aromatic carbocycles. The van der Waals surface area contributed by atoms with Crippen molar-refractivity contribution in [2.24, 2.45) is 0 Å². The Labute approximate surface area is 173 Å². The van der Waals surface area contributed by atoms with Crippen molar-refractivity contribution in [3.05, 3.63) is 57.4 Å². The van der Waals surface area contributed by atoms with E-state index >= 15 is 0 Å². The van der Waals surface area contributed by atoms with Crippen molar-refractivity contribution in [3.63, 3.8) is 0 Å². The van der Waals surface area contributed by atoms with Crippen molar-refractivity contribution in [3.8, 4) is 28.0 Å². The summed E-state index contributed by atoms with van der Waals surface area (Å²) in [5, 5.41) is 12.3. The molecule has 29 heavy (non-hydrogen) atoms. The number of carbonyl (C=O) groups is 1. The molecule has 0 saturated heterocycles. The third kappa shape index (κ3) is 2.67. The van der Waals surface area contributed by atoms with Crippen LogP contribution in [0.25, 0.3) is 20.7 Å². The van der Waals surface area contributed by atoms with Crippen LogP contribution in [0.15, 0.2) is 35.7 Å². The Kier molecular flexibility index (Phi) is 4.01. The van der Waals surface area contributed by atoms with Gasteiger partial charge in [-0.15, -0.1) is 22.7 Å². The van der Waals surface area contributed by atoms with Gasteiger partial charge in [-0.1, -0.05) is 6.07 Å². The van der Waals surface area contributed by atoms with Crippen molar-refractivity contribution < 1.29 is 14.3 Å². The second kappa shape index (κ2) is 6.58. The number of fused-ring (bicyclic) bond motifs is 2. The fourth-order valence-electron chi connectivity index (χ4n) is 3.41. The molecule has 6 nitrogen and oxygen atoms in total. The first kappa shape index (κ1) is 17.7. The molecular weight excluding hydrogens is 406 g/mol. The lowest BCUT2D eigenvalue weighted by molar-refractivity contribution is 0.104. The Morgan fingerprint density at radius 1 is 1.28 bits per heavy atom. The number of carbonyl (C=O) groups excluding carboxylic acids is 1. The van der Waals surface area contributed by atoms with Crippen molar-refractivity contribution in [2.45, 2.75) is 6.92 Å². The molecule has 8 heteroatoms. The van der Waals surface area contributed by atoms with E-state index in [1.807, 2.05) is 17.5 Å².